The van der Waals surface area contributed by atoms with Gasteiger partial charge < -0.3 is 10.1 Å². The van der Waals surface area contributed by atoms with E-state index in [-0.39, 0.29) is 26.2 Å². The first-order valence-corrected chi connectivity index (χ1v) is 8.14. The molecule has 0 amide bonds. The SMILES string of the molecule is Cc1[nH]c(=O)sc1S(=O)(=O)Nc1cc(Cl)ccc1C(=O)O. The maximum absolute atomic E-state index is 12.2. The predicted octanol–water partition coefficient (Wildman–Crippen LogP) is 1.90. The molecule has 2 rings (SSSR count). The summed E-state index contributed by atoms with van der Waals surface area (Å²) < 4.78 is 26.4. The van der Waals surface area contributed by atoms with Gasteiger partial charge in [-0.15, -0.1) is 0 Å². The normalized spacial score (nSPS) is 11.3. The molecule has 0 radical (unpaired) electrons. The lowest BCUT2D eigenvalue weighted by Gasteiger charge is -2.10. The molecule has 112 valence electrons. The van der Waals surface area contributed by atoms with Crippen LogP contribution in [0.5, 0.6) is 0 Å². The second-order valence-corrected chi connectivity index (χ2v) is 7.32. The largest absolute Gasteiger partial charge is 0.478 e. The Hall–Kier alpha value is -1.84. The maximum atomic E-state index is 12.2. The van der Waals surface area contributed by atoms with Crippen molar-refractivity contribution < 1.29 is 18.3 Å². The highest BCUT2D eigenvalue weighted by atomic mass is 35.5. The van der Waals surface area contributed by atoms with Crippen LogP contribution in [0, 0.1) is 6.92 Å². The Balaban J connectivity index is 2.51. The summed E-state index contributed by atoms with van der Waals surface area (Å²) in [6.45, 7) is 1.43. The molecule has 7 nitrogen and oxygen atoms in total. The van der Waals surface area contributed by atoms with Gasteiger partial charge in [-0.3, -0.25) is 9.52 Å². The van der Waals surface area contributed by atoms with Gasteiger partial charge in [-0.2, -0.15) is 0 Å². The maximum Gasteiger partial charge on any atom is 0.337 e. The van der Waals surface area contributed by atoms with Gasteiger partial charge in [-0.1, -0.05) is 22.9 Å². The average molecular weight is 349 g/mol. The molecule has 1 heterocycles. The minimum Gasteiger partial charge on any atom is -0.478 e. The molecule has 0 bridgehead atoms. The van der Waals surface area contributed by atoms with Crippen LogP contribution in [0.3, 0.4) is 0 Å². The van der Waals surface area contributed by atoms with Crippen LogP contribution >= 0.6 is 22.9 Å². The quantitative estimate of drug-likeness (QED) is 0.780. The number of hydrogen-bond donors (Lipinski definition) is 3. The zero-order chi connectivity index (χ0) is 15.8. The smallest absolute Gasteiger partial charge is 0.337 e. The van der Waals surface area contributed by atoms with Gasteiger partial charge in [0.05, 0.1) is 11.3 Å². The van der Waals surface area contributed by atoms with E-state index in [1.807, 2.05) is 0 Å². The Kier molecular flexibility index (Phi) is 4.08. The summed E-state index contributed by atoms with van der Waals surface area (Å²) in [5, 5.41) is 9.23. The van der Waals surface area contributed by atoms with Gasteiger partial charge in [-0.25, -0.2) is 13.2 Å². The molecule has 0 aliphatic carbocycles. The van der Waals surface area contributed by atoms with E-state index < -0.39 is 20.9 Å². The van der Waals surface area contributed by atoms with Crippen LogP contribution in [0.4, 0.5) is 5.69 Å². The highest BCUT2D eigenvalue weighted by Gasteiger charge is 2.23. The van der Waals surface area contributed by atoms with Gasteiger partial charge in [0.2, 0.25) is 0 Å². The number of aromatic carboxylic acids is 1. The molecule has 0 unspecified atom stereocenters. The third kappa shape index (κ3) is 3.26. The molecule has 0 fully saturated rings. The van der Waals surface area contributed by atoms with E-state index in [2.05, 4.69) is 9.71 Å². The van der Waals surface area contributed by atoms with Crippen LogP contribution in [0.2, 0.25) is 5.02 Å². The lowest BCUT2D eigenvalue weighted by Crippen LogP contribution is -2.15. The number of sulfonamides is 1. The van der Waals surface area contributed by atoms with Gasteiger partial charge in [0.15, 0.2) is 4.21 Å². The zero-order valence-electron chi connectivity index (χ0n) is 10.5. The van der Waals surface area contributed by atoms with Gasteiger partial charge in [0.1, 0.15) is 0 Å². The standard InChI is InChI=1S/C11H9ClN2O5S2/c1-5-10(20-11(17)13-5)21(18,19)14-8-4-6(12)2-3-7(8)9(15)16/h2-4,14H,1H3,(H,13,17)(H,15,16). The molecule has 2 aromatic rings. The Labute approximate surface area is 128 Å². The number of anilines is 1. The number of nitrogens with one attached hydrogen (secondary N) is 2. The highest BCUT2D eigenvalue weighted by molar-refractivity contribution is 7.94. The van der Waals surface area contributed by atoms with Crippen molar-refractivity contribution in [3.63, 3.8) is 0 Å². The van der Waals surface area contributed by atoms with Gasteiger partial charge in [-0.05, 0) is 25.1 Å². The summed E-state index contributed by atoms with van der Waals surface area (Å²) in [6.07, 6.45) is 0. The molecule has 0 aliphatic heterocycles. The minimum absolute atomic E-state index is 0.171. The summed E-state index contributed by atoms with van der Waals surface area (Å²) in [5.74, 6) is -1.30. The van der Waals surface area contributed by atoms with Crippen molar-refractivity contribution >= 4 is 44.6 Å². The summed E-state index contributed by atoms with van der Waals surface area (Å²) in [4.78, 5) is 24.1. The summed E-state index contributed by atoms with van der Waals surface area (Å²) in [7, 11) is -4.08. The van der Waals surface area contributed by atoms with Gasteiger partial charge in [0, 0.05) is 10.7 Å². The molecule has 0 atom stereocenters. The summed E-state index contributed by atoms with van der Waals surface area (Å²) in [5.41, 5.74) is -0.241. The number of aryl methyl sites for hydroxylation is 1. The van der Waals surface area contributed by atoms with Crippen LogP contribution in [-0.2, 0) is 10.0 Å². The van der Waals surface area contributed by atoms with Crippen molar-refractivity contribution in [1.82, 2.24) is 4.98 Å². The van der Waals surface area contributed by atoms with E-state index >= 15 is 0 Å². The van der Waals surface area contributed by atoms with Crippen LogP contribution in [0.25, 0.3) is 0 Å². The number of aromatic amines is 1. The van der Waals surface area contributed by atoms with E-state index in [1.165, 1.54) is 25.1 Å². The monoisotopic (exact) mass is 348 g/mol. The first-order chi connectivity index (χ1) is 9.70. The molecule has 0 saturated heterocycles. The number of carboxylic acid groups (broad SMARTS) is 1. The van der Waals surface area contributed by atoms with Crippen molar-refractivity contribution in [2.45, 2.75) is 11.1 Å². The minimum atomic E-state index is -4.08. The highest BCUT2D eigenvalue weighted by Crippen LogP contribution is 2.25. The Morgan fingerprint density at radius 1 is 1.43 bits per heavy atom. The number of rotatable bonds is 4. The van der Waals surface area contributed by atoms with E-state index in [4.69, 9.17) is 16.7 Å². The first kappa shape index (κ1) is 15.5. The fourth-order valence-corrected chi connectivity index (χ4v) is 4.17. The zero-order valence-corrected chi connectivity index (χ0v) is 12.9. The van der Waals surface area contributed by atoms with Crippen LogP contribution < -0.4 is 9.60 Å². The third-order valence-electron chi connectivity index (χ3n) is 2.48. The number of benzene rings is 1. The van der Waals surface area contributed by atoms with Crippen LogP contribution in [0.1, 0.15) is 16.1 Å². The average Bonchev–Trinajstić information content (AvgIpc) is 2.68. The second-order valence-electron chi connectivity index (χ2n) is 4.03. The van der Waals surface area contributed by atoms with Crippen molar-refractivity contribution in [2.24, 2.45) is 0 Å². The molecule has 10 heteroatoms. The molecule has 0 aliphatic rings. The fraction of sp³-hybridized carbons (Fsp3) is 0.0909. The molecule has 0 spiro atoms. The van der Waals surface area contributed by atoms with E-state index in [0.717, 1.165) is 0 Å². The van der Waals surface area contributed by atoms with E-state index in [9.17, 15) is 18.0 Å². The Morgan fingerprint density at radius 2 is 2.10 bits per heavy atom. The Morgan fingerprint density at radius 3 is 2.62 bits per heavy atom. The fourth-order valence-electron chi connectivity index (χ4n) is 1.63. The molecular formula is C11H9ClN2O5S2. The number of hydrogen-bond acceptors (Lipinski definition) is 5. The summed E-state index contributed by atoms with van der Waals surface area (Å²) >= 11 is 6.27. The van der Waals surface area contributed by atoms with Crippen molar-refractivity contribution in [3.8, 4) is 0 Å². The second kappa shape index (κ2) is 5.51. The van der Waals surface area contributed by atoms with Crippen molar-refractivity contribution in [2.75, 3.05) is 4.72 Å². The topological polar surface area (TPSA) is 116 Å². The number of H-pyrrole nitrogens is 1. The molecule has 21 heavy (non-hydrogen) atoms. The van der Waals surface area contributed by atoms with E-state index in [1.54, 1.807) is 0 Å². The first-order valence-electron chi connectivity index (χ1n) is 5.46. The number of halogens is 1. The molecule has 1 aromatic heterocycles. The number of thiazole rings is 1. The molecule has 0 saturated carbocycles. The van der Waals surface area contributed by atoms with Gasteiger partial charge in [0.25, 0.3) is 10.0 Å². The van der Waals surface area contributed by atoms with Crippen LogP contribution in [0.15, 0.2) is 27.2 Å². The van der Waals surface area contributed by atoms with Crippen molar-refractivity contribution in [3.05, 3.63) is 44.1 Å². The number of aromatic nitrogens is 1. The Bertz CT molecular complexity index is 869. The van der Waals surface area contributed by atoms with Crippen LogP contribution in [-0.4, -0.2) is 24.5 Å². The van der Waals surface area contributed by atoms with Gasteiger partial charge >= 0.3 is 10.8 Å². The third-order valence-corrected chi connectivity index (χ3v) is 5.69. The van der Waals surface area contributed by atoms with E-state index in [0.29, 0.717) is 11.3 Å². The lowest BCUT2D eigenvalue weighted by atomic mass is 10.2. The molecule has 3 N–H and O–H groups in total. The molecular weight excluding hydrogens is 340 g/mol. The molecule has 1 aromatic carbocycles. The number of carbonyl (C=O) groups is 1. The lowest BCUT2D eigenvalue weighted by molar-refractivity contribution is 0.0698. The number of carboxylic acids is 1. The van der Waals surface area contributed by atoms with Crippen molar-refractivity contribution in [1.29, 1.82) is 0 Å². The summed E-state index contributed by atoms with van der Waals surface area (Å²) in [6, 6.07) is 3.71. The predicted molar refractivity (Wildman–Crippen MR) is 78.9 cm³/mol.